The number of amides is 2. The van der Waals surface area contributed by atoms with Gasteiger partial charge >= 0.3 is 0 Å². The summed E-state index contributed by atoms with van der Waals surface area (Å²) in [5.74, 6) is 2.74. The highest BCUT2D eigenvalue weighted by Crippen LogP contribution is 2.33. The fraction of sp³-hybridized carbons (Fsp3) is 0.636. The predicted octanol–water partition coefficient (Wildman–Crippen LogP) is 3.10. The maximum atomic E-state index is 12.7. The van der Waals surface area contributed by atoms with Crippen LogP contribution in [0, 0.1) is 17.8 Å². The van der Waals surface area contributed by atoms with E-state index in [2.05, 4.69) is 12.2 Å². The van der Waals surface area contributed by atoms with E-state index in [-0.39, 0.29) is 24.5 Å². The maximum Gasteiger partial charge on any atom is 0.231 e. The Morgan fingerprint density at radius 2 is 1.68 bits per heavy atom. The molecule has 6 heteroatoms. The summed E-state index contributed by atoms with van der Waals surface area (Å²) in [7, 11) is 0. The fourth-order valence-electron chi connectivity index (χ4n) is 4.47. The lowest BCUT2D eigenvalue weighted by Gasteiger charge is -2.35. The van der Waals surface area contributed by atoms with E-state index < -0.39 is 0 Å². The summed E-state index contributed by atoms with van der Waals surface area (Å²) in [5.41, 5.74) is 1.00. The lowest BCUT2D eigenvalue weighted by Crippen LogP contribution is -2.43. The molecule has 28 heavy (non-hydrogen) atoms. The van der Waals surface area contributed by atoms with Gasteiger partial charge in [-0.15, -0.1) is 0 Å². The van der Waals surface area contributed by atoms with E-state index in [1.54, 1.807) is 0 Å². The van der Waals surface area contributed by atoms with E-state index in [0.29, 0.717) is 12.5 Å². The Labute approximate surface area is 166 Å². The van der Waals surface area contributed by atoms with E-state index in [0.717, 1.165) is 74.6 Å². The zero-order valence-corrected chi connectivity index (χ0v) is 16.6. The van der Waals surface area contributed by atoms with Gasteiger partial charge in [0.1, 0.15) is 0 Å². The van der Waals surface area contributed by atoms with Gasteiger partial charge in [0.25, 0.3) is 0 Å². The first-order valence-electron chi connectivity index (χ1n) is 10.5. The molecule has 0 atom stereocenters. The van der Waals surface area contributed by atoms with Crippen LogP contribution in [0.5, 0.6) is 11.5 Å². The summed E-state index contributed by atoms with van der Waals surface area (Å²) in [5, 5.41) is 3.04. The smallest absolute Gasteiger partial charge is 0.231 e. The molecular formula is C22H30N2O4. The van der Waals surface area contributed by atoms with Crippen LogP contribution < -0.4 is 14.8 Å². The number of carbonyl (C=O) groups is 2. The van der Waals surface area contributed by atoms with Crippen LogP contribution in [-0.4, -0.2) is 36.6 Å². The standard InChI is InChI=1S/C22H30N2O4/c1-15-8-10-24(11-9-15)22(26)18-5-3-17(4-6-18)21(25)23-13-16-2-7-19-20(12-16)28-14-27-19/h2,7,12,15,17-18H,3-6,8-11,13-14H2,1H3,(H,23,25). The van der Waals surface area contributed by atoms with Crippen molar-refractivity contribution in [3.05, 3.63) is 23.8 Å². The Balaban J connectivity index is 1.22. The largest absolute Gasteiger partial charge is 0.454 e. The van der Waals surface area contributed by atoms with Gasteiger partial charge in [0.2, 0.25) is 18.6 Å². The number of likely N-dealkylation sites (tertiary alicyclic amines) is 1. The van der Waals surface area contributed by atoms with Crippen molar-refractivity contribution < 1.29 is 19.1 Å². The SMILES string of the molecule is CC1CCN(C(=O)C2CCC(C(=O)NCc3ccc4c(c3)OCO4)CC2)CC1. The molecule has 0 bridgehead atoms. The third-order valence-corrected chi connectivity index (χ3v) is 6.45. The van der Waals surface area contributed by atoms with E-state index in [4.69, 9.17) is 9.47 Å². The minimum Gasteiger partial charge on any atom is -0.454 e. The molecular weight excluding hydrogens is 356 g/mol. The number of fused-ring (bicyclic) bond motifs is 1. The number of rotatable bonds is 4. The van der Waals surface area contributed by atoms with Crippen molar-refractivity contribution in [1.29, 1.82) is 0 Å². The number of hydrogen-bond donors (Lipinski definition) is 1. The molecule has 3 aliphatic rings. The molecule has 0 aromatic heterocycles. The molecule has 2 heterocycles. The van der Waals surface area contributed by atoms with E-state index in [9.17, 15) is 9.59 Å². The molecule has 1 saturated heterocycles. The van der Waals surface area contributed by atoms with Gasteiger partial charge in [-0.3, -0.25) is 9.59 Å². The van der Waals surface area contributed by atoms with Gasteiger partial charge in [0.15, 0.2) is 11.5 Å². The monoisotopic (exact) mass is 386 g/mol. The number of nitrogens with zero attached hydrogens (tertiary/aromatic N) is 1. The Morgan fingerprint density at radius 3 is 2.43 bits per heavy atom. The second-order valence-corrected chi connectivity index (χ2v) is 8.46. The van der Waals surface area contributed by atoms with Crippen LogP contribution in [0.2, 0.25) is 0 Å². The van der Waals surface area contributed by atoms with Crippen molar-refractivity contribution in [2.75, 3.05) is 19.9 Å². The molecule has 1 N–H and O–H groups in total. The Morgan fingerprint density at radius 1 is 1.00 bits per heavy atom. The molecule has 0 radical (unpaired) electrons. The maximum absolute atomic E-state index is 12.7. The first kappa shape index (κ1) is 19.1. The predicted molar refractivity (Wildman–Crippen MR) is 105 cm³/mol. The van der Waals surface area contributed by atoms with Crippen LogP contribution >= 0.6 is 0 Å². The molecule has 2 amide bonds. The van der Waals surface area contributed by atoms with Crippen LogP contribution in [0.1, 0.15) is 51.0 Å². The molecule has 6 nitrogen and oxygen atoms in total. The van der Waals surface area contributed by atoms with Gasteiger partial charge < -0.3 is 19.7 Å². The second kappa shape index (κ2) is 8.41. The zero-order chi connectivity index (χ0) is 19.5. The first-order chi connectivity index (χ1) is 13.6. The van der Waals surface area contributed by atoms with E-state index in [1.807, 2.05) is 23.1 Å². The van der Waals surface area contributed by atoms with Gasteiger partial charge in [-0.1, -0.05) is 13.0 Å². The Hall–Kier alpha value is -2.24. The molecule has 1 saturated carbocycles. The van der Waals surface area contributed by atoms with Crippen molar-refractivity contribution in [3.63, 3.8) is 0 Å². The van der Waals surface area contributed by atoms with Crippen molar-refractivity contribution in [1.82, 2.24) is 10.2 Å². The quantitative estimate of drug-likeness (QED) is 0.863. The molecule has 0 unspecified atom stereocenters. The molecule has 1 aliphatic carbocycles. The third kappa shape index (κ3) is 4.26. The molecule has 0 spiro atoms. The first-order valence-corrected chi connectivity index (χ1v) is 10.5. The molecule has 2 fully saturated rings. The topological polar surface area (TPSA) is 67.9 Å². The summed E-state index contributed by atoms with van der Waals surface area (Å²) in [6.45, 7) is 4.80. The van der Waals surface area contributed by atoms with E-state index in [1.165, 1.54) is 0 Å². The van der Waals surface area contributed by atoms with E-state index >= 15 is 0 Å². The molecule has 152 valence electrons. The molecule has 1 aromatic rings. The van der Waals surface area contributed by atoms with Gasteiger partial charge in [-0.05, 0) is 62.1 Å². The van der Waals surface area contributed by atoms with Crippen molar-refractivity contribution in [2.24, 2.45) is 17.8 Å². The van der Waals surface area contributed by atoms with Crippen LogP contribution in [0.3, 0.4) is 0 Å². The summed E-state index contributed by atoms with van der Waals surface area (Å²) >= 11 is 0. The number of benzene rings is 1. The van der Waals surface area contributed by atoms with Crippen LogP contribution in [0.15, 0.2) is 18.2 Å². The van der Waals surface area contributed by atoms with Crippen molar-refractivity contribution >= 4 is 11.8 Å². The summed E-state index contributed by atoms with van der Waals surface area (Å²) in [4.78, 5) is 27.3. The highest BCUT2D eigenvalue weighted by Gasteiger charge is 2.33. The third-order valence-electron chi connectivity index (χ3n) is 6.45. The number of carbonyl (C=O) groups excluding carboxylic acids is 2. The van der Waals surface area contributed by atoms with Crippen LogP contribution in [0.4, 0.5) is 0 Å². The normalized spacial score (nSPS) is 24.8. The Kier molecular flexibility index (Phi) is 5.74. The second-order valence-electron chi connectivity index (χ2n) is 8.46. The summed E-state index contributed by atoms with van der Waals surface area (Å²) in [6, 6.07) is 5.74. The van der Waals surface area contributed by atoms with Gasteiger partial charge in [-0.25, -0.2) is 0 Å². The van der Waals surface area contributed by atoms with Crippen molar-refractivity contribution in [3.8, 4) is 11.5 Å². The number of ether oxygens (including phenoxy) is 2. The lowest BCUT2D eigenvalue weighted by atomic mass is 9.80. The van der Waals surface area contributed by atoms with Crippen LogP contribution in [0.25, 0.3) is 0 Å². The summed E-state index contributed by atoms with van der Waals surface area (Å²) < 4.78 is 10.7. The number of nitrogens with one attached hydrogen (secondary N) is 1. The lowest BCUT2D eigenvalue weighted by molar-refractivity contribution is -0.139. The molecule has 4 rings (SSSR count). The molecule has 2 aliphatic heterocycles. The van der Waals surface area contributed by atoms with Gasteiger partial charge in [0.05, 0.1) is 0 Å². The molecule has 1 aromatic carbocycles. The zero-order valence-electron chi connectivity index (χ0n) is 16.6. The average molecular weight is 386 g/mol. The minimum absolute atomic E-state index is 0.0134. The number of hydrogen-bond acceptors (Lipinski definition) is 4. The van der Waals surface area contributed by atoms with Crippen molar-refractivity contribution in [2.45, 2.75) is 52.0 Å². The van der Waals surface area contributed by atoms with Gasteiger partial charge in [-0.2, -0.15) is 0 Å². The van der Waals surface area contributed by atoms with Gasteiger partial charge in [0, 0.05) is 31.5 Å². The highest BCUT2D eigenvalue weighted by atomic mass is 16.7. The number of piperidine rings is 1. The fourth-order valence-corrected chi connectivity index (χ4v) is 4.47. The highest BCUT2D eigenvalue weighted by molar-refractivity contribution is 5.81. The van der Waals surface area contributed by atoms with Crippen LogP contribution in [-0.2, 0) is 16.1 Å². The minimum atomic E-state index is 0.0134. The summed E-state index contributed by atoms with van der Waals surface area (Å²) in [6.07, 6.45) is 5.48. The Bertz CT molecular complexity index is 719. The average Bonchev–Trinajstić information content (AvgIpc) is 3.20.